The number of hydrogen-bond acceptors (Lipinski definition) is 2. The van der Waals surface area contributed by atoms with Crippen LogP contribution in [0, 0.1) is 28.6 Å². The van der Waals surface area contributed by atoms with E-state index in [0.29, 0.717) is 12.0 Å². The Kier molecular flexibility index (Phi) is 11.6. The summed E-state index contributed by atoms with van der Waals surface area (Å²) in [6.45, 7) is 5.51. The highest BCUT2D eigenvalue weighted by atomic mass is 16.5. The number of rotatable bonds is 13. The van der Waals surface area contributed by atoms with E-state index in [1.54, 1.807) is 0 Å². The minimum absolute atomic E-state index is 0.0146. The van der Waals surface area contributed by atoms with Gasteiger partial charge < -0.3 is 4.74 Å². The monoisotopic (exact) mass is 389 g/mol. The van der Waals surface area contributed by atoms with Crippen LogP contribution in [-0.2, 0) is 4.74 Å². The van der Waals surface area contributed by atoms with Crippen LogP contribution >= 0.6 is 0 Å². The van der Waals surface area contributed by atoms with Crippen molar-refractivity contribution in [3.05, 3.63) is 0 Å². The zero-order valence-electron chi connectivity index (χ0n) is 19.0. The fraction of sp³-hybridized carbons (Fsp3) is 0.962. The lowest BCUT2D eigenvalue weighted by atomic mass is 9.69. The maximum absolute atomic E-state index is 9.79. The molecule has 28 heavy (non-hydrogen) atoms. The summed E-state index contributed by atoms with van der Waals surface area (Å²) in [5.41, 5.74) is -0.0146. The summed E-state index contributed by atoms with van der Waals surface area (Å²) < 4.78 is 6.34. The van der Waals surface area contributed by atoms with Gasteiger partial charge in [0.25, 0.3) is 0 Å². The first-order chi connectivity index (χ1) is 13.7. The topological polar surface area (TPSA) is 33.0 Å². The Morgan fingerprint density at radius 2 is 1.43 bits per heavy atom. The molecular formula is C26H47NO. The molecule has 2 fully saturated rings. The Hall–Kier alpha value is -0.550. The lowest BCUT2D eigenvalue weighted by Gasteiger charge is -2.36. The molecule has 0 heterocycles. The van der Waals surface area contributed by atoms with Crippen LogP contribution < -0.4 is 0 Å². The summed E-state index contributed by atoms with van der Waals surface area (Å²) in [6.07, 6.45) is 23.7. The van der Waals surface area contributed by atoms with Crippen LogP contribution in [0.15, 0.2) is 0 Å². The Morgan fingerprint density at radius 3 is 2.07 bits per heavy atom. The van der Waals surface area contributed by atoms with E-state index in [-0.39, 0.29) is 5.41 Å². The normalized spacial score (nSPS) is 30.8. The molecule has 0 unspecified atom stereocenters. The largest absolute Gasteiger partial charge is 0.378 e. The first kappa shape index (κ1) is 23.7. The third kappa shape index (κ3) is 8.44. The first-order valence-corrected chi connectivity index (χ1v) is 12.7. The lowest BCUT2D eigenvalue weighted by molar-refractivity contribution is -0.0135. The average molecular weight is 390 g/mol. The summed E-state index contributed by atoms with van der Waals surface area (Å²) in [4.78, 5) is 0. The van der Waals surface area contributed by atoms with Crippen molar-refractivity contribution >= 4 is 0 Å². The van der Waals surface area contributed by atoms with Gasteiger partial charge in [-0.15, -0.1) is 0 Å². The second-order valence-electron chi connectivity index (χ2n) is 9.97. The molecule has 0 aromatic rings. The fourth-order valence-corrected chi connectivity index (χ4v) is 5.42. The third-order valence-corrected chi connectivity index (χ3v) is 7.64. The van der Waals surface area contributed by atoms with Gasteiger partial charge in [0.05, 0.1) is 17.6 Å². The quantitative estimate of drug-likeness (QED) is 0.297. The molecule has 2 aliphatic carbocycles. The molecule has 0 bridgehead atoms. The van der Waals surface area contributed by atoms with E-state index in [2.05, 4.69) is 19.9 Å². The Labute approximate surface area is 175 Å². The van der Waals surface area contributed by atoms with Gasteiger partial charge in [0.15, 0.2) is 0 Å². The maximum atomic E-state index is 9.79. The Morgan fingerprint density at radius 1 is 0.786 bits per heavy atom. The van der Waals surface area contributed by atoms with Crippen molar-refractivity contribution in [2.75, 3.05) is 6.61 Å². The van der Waals surface area contributed by atoms with E-state index < -0.39 is 0 Å². The second kappa shape index (κ2) is 13.6. The molecule has 0 saturated heterocycles. The molecule has 0 atom stereocenters. The predicted molar refractivity (Wildman–Crippen MR) is 119 cm³/mol. The molecule has 2 aliphatic rings. The zero-order chi connectivity index (χ0) is 20.1. The van der Waals surface area contributed by atoms with Crippen LogP contribution in [0.5, 0.6) is 0 Å². The van der Waals surface area contributed by atoms with Crippen LogP contribution in [0.2, 0.25) is 0 Å². The van der Waals surface area contributed by atoms with E-state index in [0.717, 1.165) is 31.8 Å². The smallest absolute Gasteiger partial charge is 0.0689 e. The first-order valence-electron chi connectivity index (χ1n) is 12.7. The van der Waals surface area contributed by atoms with Gasteiger partial charge in [-0.2, -0.15) is 5.26 Å². The van der Waals surface area contributed by atoms with Gasteiger partial charge in [-0.25, -0.2) is 0 Å². The molecule has 0 aliphatic heterocycles. The molecule has 2 nitrogen and oxygen atoms in total. The predicted octanol–water partition coefficient (Wildman–Crippen LogP) is 8.20. The molecule has 2 heteroatoms. The highest BCUT2D eigenvalue weighted by molar-refractivity contribution is 5.01. The van der Waals surface area contributed by atoms with Crippen molar-refractivity contribution in [1.82, 2.24) is 0 Å². The van der Waals surface area contributed by atoms with Gasteiger partial charge in [-0.3, -0.25) is 0 Å². The Balaban J connectivity index is 1.57. The number of ether oxygens (including phenoxy) is 1. The molecule has 2 rings (SSSR count). The van der Waals surface area contributed by atoms with Crippen molar-refractivity contribution in [3.63, 3.8) is 0 Å². The zero-order valence-corrected chi connectivity index (χ0v) is 19.0. The van der Waals surface area contributed by atoms with Crippen LogP contribution in [-0.4, -0.2) is 12.7 Å². The number of hydrogen-bond donors (Lipinski definition) is 0. The molecular weight excluding hydrogens is 342 g/mol. The highest BCUT2D eigenvalue weighted by Gasteiger charge is 2.35. The molecule has 0 radical (unpaired) electrons. The third-order valence-electron chi connectivity index (χ3n) is 7.64. The standard InChI is InChI=1S/C26H47NO/c1-3-5-7-8-10-18-26(22-27)19-16-24(17-20-26)21-28-25-14-12-23(13-15-25)11-9-6-4-2/h23-25H,3-21H2,1-2H3. The fourth-order valence-electron chi connectivity index (χ4n) is 5.42. The van der Waals surface area contributed by atoms with Gasteiger partial charge in [0, 0.05) is 6.61 Å². The summed E-state index contributed by atoms with van der Waals surface area (Å²) in [6, 6.07) is 2.72. The molecule has 0 aromatic carbocycles. The molecule has 2 saturated carbocycles. The van der Waals surface area contributed by atoms with Crippen molar-refractivity contribution < 1.29 is 4.74 Å². The van der Waals surface area contributed by atoms with Gasteiger partial charge in [0.2, 0.25) is 0 Å². The molecule has 0 aromatic heterocycles. The summed E-state index contributed by atoms with van der Waals surface area (Å²) in [7, 11) is 0. The SMILES string of the molecule is CCCCCCCC1(C#N)CCC(COC2CCC(CCCCC)CC2)CC1. The average Bonchev–Trinajstić information content (AvgIpc) is 2.74. The van der Waals surface area contributed by atoms with E-state index in [1.165, 1.54) is 96.3 Å². The molecule has 0 N–H and O–H groups in total. The molecule has 162 valence electrons. The van der Waals surface area contributed by atoms with E-state index in [4.69, 9.17) is 4.74 Å². The highest BCUT2D eigenvalue weighted by Crippen LogP contribution is 2.42. The summed E-state index contributed by atoms with van der Waals surface area (Å²) >= 11 is 0. The van der Waals surface area contributed by atoms with Gasteiger partial charge in [-0.05, 0) is 69.6 Å². The van der Waals surface area contributed by atoms with Crippen LogP contribution in [0.4, 0.5) is 0 Å². The lowest BCUT2D eigenvalue weighted by Crippen LogP contribution is -2.30. The number of nitrogens with zero attached hydrogens (tertiary/aromatic N) is 1. The summed E-state index contributed by atoms with van der Waals surface area (Å²) in [5, 5.41) is 9.79. The minimum atomic E-state index is -0.0146. The Bertz CT molecular complexity index is 424. The maximum Gasteiger partial charge on any atom is 0.0689 e. The van der Waals surface area contributed by atoms with Crippen LogP contribution in [0.25, 0.3) is 0 Å². The number of unbranched alkanes of at least 4 members (excludes halogenated alkanes) is 6. The van der Waals surface area contributed by atoms with E-state index >= 15 is 0 Å². The number of nitriles is 1. The van der Waals surface area contributed by atoms with Crippen LogP contribution in [0.1, 0.15) is 129 Å². The van der Waals surface area contributed by atoms with Crippen molar-refractivity contribution in [3.8, 4) is 6.07 Å². The second-order valence-corrected chi connectivity index (χ2v) is 9.97. The minimum Gasteiger partial charge on any atom is -0.378 e. The molecule has 0 spiro atoms. The van der Waals surface area contributed by atoms with Crippen molar-refractivity contribution in [1.29, 1.82) is 5.26 Å². The van der Waals surface area contributed by atoms with Crippen LogP contribution in [0.3, 0.4) is 0 Å². The summed E-state index contributed by atoms with van der Waals surface area (Å²) in [5.74, 6) is 1.67. The van der Waals surface area contributed by atoms with E-state index in [9.17, 15) is 5.26 Å². The van der Waals surface area contributed by atoms with Gasteiger partial charge in [-0.1, -0.05) is 71.6 Å². The van der Waals surface area contributed by atoms with Gasteiger partial charge in [0.1, 0.15) is 0 Å². The van der Waals surface area contributed by atoms with E-state index in [1.807, 2.05) is 0 Å². The molecule has 0 amide bonds. The van der Waals surface area contributed by atoms with Crippen molar-refractivity contribution in [2.24, 2.45) is 17.3 Å². The van der Waals surface area contributed by atoms with Crippen molar-refractivity contribution in [2.45, 2.75) is 136 Å². The van der Waals surface area contributed by atoms with Gasteiger partial charge >= 0.3 is 0 Å².